The summed E-state index contributed by atoms with van der Waals surface area (Å²) in [6.07, 6.45) is 1.65. The van der Waals surface area contributed by atoms with Crippen molar-refractivity contribution in [1.29, 1.82) is 0 Å². The highest BCUT2D eigenvalue weighted by Gasteiger charge is 2.14. The van der Waals surface area contributed by atoms with Gasteiger partial charge in [0.1, 0.15) is 4.83 Å². The monoisotopic (exact) mass is 302 g/mol. The first-order valence-corrected chi connectivity index (χ1v) is 6.13. The number of rotatable bonds is 6. The Morgan fingerprint density at radius 2 is 2.35 bits per heavy atom. The van der Waals surface area contributed by atoms with E-state index < -0.39 is 0 Å². The average Bonchev–Trinajstić information content (AvgIpc) is 2.37. The van der Waals surface area contributed by atoms with Crippen LogP contribution in [0.25, 0.3) is 0 Å². The van der Waals surface area contributed by atoms with Crippen LogP contribution in [0.4, 0.5) is 5.69 Å². The Morgan fingerprint density at radius 1 is 1.59 bits per heavy atom. The first kappa shape index (κ1) is 13.8. The number of nitrogens with zero attached hydrogens (tertiary/aromatic N) is 1. The number of nitrogens with one attached hydrogen (secondary N) is 1. The van der Waals surface area contributed by atoms with Crippen molar-refractivity contribution in [3.05, 3.63) is 18.3 Å². The molecule has 0 amide bonds. The van der Waals surface area contributed by atoms with Crippen molar-refractivity contribution >= 4 is 27.6 Å². The van der Waals surface area contributed by atoms with E-state index in [1.165, 1.54) is 7.11 Å². The Hall–Kier alpha value is -1.30. The Bertz CT molecular complexity index is 356. The molecule has 0 saturated carbocycles. The van der Waals surface area contributed by atoms with Gasteiger partial charge in [0.25, 0.3) is 0 Å². The summed E-state index contributed by atoms with van der Waals surface area (Å²) in [5.41, 5.74) is 0.821. The molecule has 1 aromatic rings. The second kappa shape index (κ2) is 7.11. The SMILES string of the molecule is CCOc1ccc(NCC(Br)C(=O)OC)cn1. The molecule has 0 aliphatic carbocycles. The van der Waals surface area contributed by atoms with Gasteiger partial charge in [-0.05, 0) is 13.0 Å². The third-order valence-electron chi connectivity index (χ3n) is 1.97. The van der Waals surface area contributed by atoms with Crippen LogP contribution in [0.3, 0.4) is 0 Å². The molecule has 1 aromatic heterocycles. The first-order valence-electron chi connectivity index (χ1n) is 5.22. The van der Waals surface area contributed by atoms with E-state index in [-0.39, 0.29) is 10.8 Å². The van der Waals surface area contributed by atoms with Crippen molar-refractivity contribution in [2.24, 2.45) is 0 Å². The fraction of sp³-hybridized carbons (Fsp3) is 0.455. The maximum atomic E-state index is 11.1. The molecule has 0 aliphatic rings. The minimum Gasteiger partial charge on any atom is -0.478 e. The molecule has 5 nitrogen and oxygen atoms in total. The molecule has 17 heavy (non-hydrogen) atoms. The summed E-state index contributed by atoms with van der Waals surface area (Å²) in [5, 5.41) is 3.06. The molecule has 0 spiro atoms. The number of hydrogen-bond acceptors (Lipinski definition) is 5. The highest BCUT2D eigenvalue weighted by molar-refractivity contribution is 9.10. The van der Waals surface area contributed by atoms with Gasteiger partial charge >= 0.3 is 5.97 Å². The Balaban J connectivity index is 2.44. The largest absolute Gasteiger partial charge is 0.478 e. The molecule has 94 valence electrons. The number of methoxy groups -OCH3 is 1. The van der Waals surface area contributed by atoms with E-state index in [0.29, 0.717) is 19.0 Å². The lowest BCUT2D eigenvalue weighted by atomic mass is 10.3. The Labute approximate surface area is 109 Å². The quantitative estimate of drug-likeness (QED) is 0.642. The molecule has 1 atom stereocenters. The van der Waals surface area contributed by atoms with Gasteiger partial charge in [0.2, 0.25) is 5.88 Å². The lowest BCUT2D eigenvalue weighted by Gasteiger charge is -2.10. The zero-order valence-electron chi connectivity index (χ0n) is 9.77. The van der Waals surface area contributed by atoms with Gasteiger partial charge in [-0.3, -0.25) is 4.79 Å². The van der Waals surface area contributed by atoms with Crippen LogP contribution < -0.4 is 10.1 Å². The van der Waals surface area contributed by atoms with E-state index in [1.54, 1.807) is 12.3 Å². The maximum Gasteiger partial charge on any atom is 0.321 e. The van der Waals surface area contributed by atoms with Crippen LogP contribution in [0.1, 0.15) is 6.92 Å². The van der Waals surface area contributed by atoms with Gasteiger partial charge in [0, 0.05) is 12.6 Å². The lowest BCUT2D eigenvalue weighted by molar-refractivity contribution is -0.139. The molecule has 0 bridgehead atoms. The number of alkyl halides is 1. The van der Waals surface area contributed by atoms with Gasteiger partial charge in [-0.1, -0.05) is 15.9 Å². The fourth-order valence-electron chi connectivity index (χ4n) is 1.14. The van der Waals surface area contributed by atoms with Gasteiger partial charge in [0.05, 0.1) is 25.6 Å². The molecular weight excluding hydrogens is 288 g/mol. The molecule has 0 saturated heterocycles. The van der Waals surface area contributed by atoms with Crippen molar-refractivity contribution in [3.8, 4) is 5.88 Å². The number of ether oxygens (including phenoxy) is 2. The summed E-state index contributed by atoms with van der Waals surface area (Å²) in [5.74, 6) is 0.276. The second-order valence-corrected chi connectivity index (χ2v) is 4.30. The predicted molar refractivity (Wildman–Crippen MR) is 68.6 cm³/mol. The van der Waals surface area contributed by atoms with Crippen LogP contribution in [-0.2, 0) is 9.53 Å². The Kier molecular flexibility index (Phi) is 5.76. The number of aromatic nitrogens is 1. The highest BCUT2D eigenvalue weighted by atomic mass is 79.9. The van der Waals surface area contributed by atoms with Crippen molar-refractivity contribution in [2.45, 2.75) is 11.8 Å². The van der Waals surface area contributed by atoms with E-state index in [0.717, 1.165) is 5.69 Å². The number of pyridine rings is 1. The smallest absolute Gasteiger partial charge is 0.321 e. The average molecular weight is 303 g/mol. The summed E-state index contributed by atoms with van der Waals surface area (Å²) < 4.78 is 9.81. The molecule has 1 N–H and O–H groups in total. The van der Waals surface area contributed by atoms with Crippen LogP contribution in [0.15, 0.2) is 18.3 Å². The number of esters is 1. The molecule has 1 rings (SSSR count). The molecule has 6 heteroatoms. The summed E-state index contributed by atoms with van der Waals surface area (Å²) in [4.78, 5) is 14.8. The molecule has 0 aromatic carbocycles. The summed E-state index contributed by atoms with van der Waals surface area (Å²) in [6, 6.07) is 3.61. The van der Waals surface area contributed by atoms with E-state index in [4.69, 9.17) is 4.74 Å². The summed E-state index contributed by atoms with van der Waals surface area (Å²) in [6.45, 7) is 2.92. The van der Waals surface area contributed by atoms with Crippen molar-refractivity contribution in [2.75, 3.05) is 25.6 Å². The van der Waals surface area contributed by atoms with Crippen LogP contribution >= 0.6 is 15.9 Å². The highest BCUT2D eigenvalue weighted by Crippen LogP contribution is 2.12. The molecular formula is C11H15BrN2O3. The van der Waals surface area contributed by atoms with Crippen molar-refractivity contribution < 1.29 is 14.3 Å². The topological polar surface area (TPSA) is 60.5 Å². The maximum absolute atomic E-state index is 11.1. The number of anilines is 1. The summed E-state index contributed by atoms with van der Waals surface area (Å²) >= 11 is 3.22. The van der Waals surface area contributed by atoms with Crippen LogP contribution in [-0.4, -0.2) is 36.0 Å². The van der Waals surface area contributed by atoms with E-state index in [1.807, 2.05) is 13.0 Å². The summed E-state index contributed by atoms with van der Waals surface area (Å²) in [7, 11) is 1.36. The van der Waals surface area contributed by atoms with Crippen LogP contribution in [0, 0.1) is 0 Å². The van der Waals surface area contributed by atoms with E-state index in [2.05, 4.69) is 31.0 Å². The zero-order chi connectivity index (χ0) is 12.7. The van der Waals surface area contributed by atoms with Crippen LogP contribution in [0.2, 0.25) is 0 Å². The standard InChI is InChI=1S/C11H15BrN2O3/c1-3-17-10-5-4-8(6-14-10)13-7-9(12)11(15)16-2/h4-6,9,13H,3,7H2,1-2H3. The van der Waals surface area contributed by atoms with Gasteiger partial charge in [0.15, 0.2) is 0 Å². The van der Waals surface area contributed by atoms with E-state index >= 15 is 0 Å². The molecule has 0 radical (unpaired) electrons. The normalized spacial score (nSPS) is 11.7. The Morgan fingerprint density at radius 3 is 2.88 bits per heavy atom. The molecule has 0 aliphatic heterocycles. The first-order chi connectivity index (χ1) is 8.17. The van der Waals surface area contributed by atoms with Crippen LogP contribution in [0.5, 0.6) is 5.88 Å². The molecule has 1 unspecified atom stereocenters. The van der Waals surface area contributed by atoms with Crippen molar-refractivity contribution in [3.63, 3.8) is 0 Å². The predicted octanol–water partition coefficient (Wildman–Crippen LogP) is 1.83. The van der Waals surface area contributed by atoms with Crippen molar-refractivity contribution in [1.82, 2.24) is 4.98 Å². The third-order valence-corrected chi connectivity index (χ3v) is 2.67. The number of carbonyl (C=O) groups excluding carboxylic acids is 1. The third kappa shape index (κ3) is 4.60. The number of carbonyl (C=O) groups is 1. The lowest BCUT2D eigenvalue weighted by Crippen LogP contribution is -2.24. The number of halogens is 1. The minimum absolute atomic E-state index is 0.309. The fourth-order valence-corrected chi connectivity index (χ4v) is 1.49. The van der Waals surface area contributed by atoms with Gasteiger partial charge in [-0.25, -0.2) is 4.98 Å². The van der Waals surface area contributed by atoms with Gasteiger partial charge < -0.3 is 14.8 Å². The van der Waals surface area contributed by atoms with Gasteiger partial charge in [-0.2, -0.15) is 0 Å². The molecule has 1 heterocycles. The minimum atomic E-state index is -0.376. The molecule has 0 fully saturated rings. The zero-order valence-corrected chi connectivity index (χ0v) is 11.4. The van der Waals surface area contributed by atoms with E-state index in [9.17, 15) is 4.79 Å². The van der Waals surface area contributed by atoms with Gasteiger partial charge in [-0.15, -0.1) is 0 Å². The second-order valence-electron chi connectivity index (χ2n) is 3.19. The number of hydrogen-bond donors (Lipinski definition) is 1.